The normalized spacial score (nSPS) is 11.4. The first-order chi connectivity index (χ1) is 18.8. The summed E-state index contributed by atoms with van der Waals surface area (Å²) in [7, 11) is -2.60. The summed E-state index contributed by atoms with van der Waals surface area (Å²) in [5.74, 6) is -0.577. The van der Waals surface area contributed by atoms with Crippen LogP contribution in [-0.2, 0) is 16.6 Å². The number of sulfonamides is 1. The molecule has 0 spiro atoms. The van der Waals surface area contributed by atoms with E-state index >= 15 is 0 Å². The number of fused-ring (bicyclic) bond motifs is 1. The Hall–Kier alpha value is -4.06. The largest absolute Gasteiger partial charge is 0.494 e. The van der Waals surface area contributed by atoms with Crippen molar-refractivity contribution < 1.29 is 22.3 Å². The second kappa shape index (κ2) is 11.0. The molecule has 12 heteroatoms. The smallest absolute Gasteiger partial charge is 0.262 e. The molecule has 2 aromatic heterocycles. The van der Waals surface area contributed by atoms with Crippen molar-refractivity contribution in [1.29, 1.82) is 0 Å². The monoisotopic (exact) mass is 582 g/mol. The molecule has 0 aliphatic heterocycles. The van der Waals surface area contributed by atoms with Crippen molar-refractivity contribution in [2.24, 2.45) is 0 Å². The number of nitrogens with one attached hydrogen (secondary N) is 1. The van der Waals surface area contributed by atoms with Crippen LogP contribution in [0.3, 0.4) is 0 Å². The fraction of sp³-hybridized carbons (Fsp3) is 0.0741. The highest BCUT2D eigenvalue weighted by Crippen LogP contribution is 2.39. The number of carbonyl (C=O) groups is 1. The van der Waals surface area contributed by atoms with E-state index in [2.05, 4.69) is 14.7 Å². The summed E-state index contributed by atoms with van der Waals surface area (Å²) < 4.78 is 48.0. The van der Waals surface area contributed by atoms with Crippen molar-refractivity contribution >= 4 is 59.9 Å². The number of pyridine rings is 1. The molecule has 0 unspecified atom stereocenters. The van der Waals surface area contributed by atoms with E-state index in [0.29, 0.717) is 26.1 Å². The molecule has 0 aliphatic carbocycles. The van der Waals surface area contributed by atoms with Crippen molar-refractivity contribution in [3.05, 3.63) is 107 Å². The second-order valence-corrected chi connectivity index (χ2v) is 11.3. The van der Waals surface area contributed by atoms with Crippen LogP contribution in [0.1, 0.15) is 15.9 Å². The lowest BCUT2D eigenvalue weighted by Gasteiger charge is -2.22. The fourth-order valence-electron chi connectivity index (χ4n) is 3.84. The van der Waals surface area contributed by atoms with Crippen LogP contribution in [0.25, 0.3) is 10.2 Å². The van der Waals surface area contributed by atoms with Gasteiger partial charge in [0.1, 0.15) is 17.1 Å². The molecule has 0 bridgehead atoms. The average molecular weight is 583 g/mol. The Labute approximate surface area is 232 Å². The van der Waals surface area contributed by atoms with Crippen LogP contribution >= 0.6 is 22.9 Å². The summed E-state index contributed by atoms with van der Waals surface area (Å²) in [5, 5.41) is 0.789. The molecule has 39 heavy (non-hydrogen) atoms. The third-order valence-corrected chi connectivity index (χ3v) is 8.65. The summed E-state index contributed by atoms with van der Waals surface area (Å²) in [6.07, 6.45) is 3.25. The van der Waals surface area contributed by atoms with Crippen molar-refractivity contribution in [2.75, 3.05) is 16.7 Å². The summed E-state index contributed by atoms with van der Waals surface area (Å²) in [4.78, 5) is 24.2. The molecule has 0 radical (unpaired) electrons. The average Bonchev–Trinajstić information content (AvgIpc) is 3.39. The van der Waals surface area contributed by atoms with Gasteiger partial charge in [-0.25, -0.2) is 17.8 Å². The Bertz CT molecular complexity index is 1760. The maximum Gasteiger partial charge on any atom is 0.262 e. The molecule has 8 nitrogen and oxygen atoms in total. The summed E-state index contributed by atoms with van der Waals surface area (Å²) in [6, 6.07) is 17.6. The van der Waals surface area contributed by atoms with Gasteiger partial charge >= 0.3 is 0 Å². The first-order valence-electron chi connectivity index (χ1n) is 11.5. The molecular weight excluding hydrogens is 563 g/mol. The van der Waals surface area contributed by atoms with Crippen LogP contribution < -0.4 is 14.4 Å². The Morgan fingerprint density at radius 2 is 1.85 bits per heavy atom. The number of nitrogens with zero attached hydrogens (tertiary/aromatic N) is 3. The van der Waals surface area contributed by atoms with Gasteiger partial charge in [0.25, 0.3) is 15.9 Å². The van der Waals surface area contributed by atoms with Crippen LogP contribution in [0.15, 0.2) is 90.1 Å². The summed E-state index contributed by atoms with van der Waals surface area (Å²) in [6.45, 7) is 0.103. The molecule has 5 rings (SSSR count). The Morgan fingerprint density at radius 3 is 2.56 bits per heavy atom. The van der Waals surface area contributed by atoms with Crippen molar-refractivity contribution in [3.63, 3.8) is 0 Å². The lowest BCUT2D eigenvalue weighted by molar-refractivity contribution is 0.0986. The molecule has 2 heterocycles. The van der Waals surface area contributed by atoms with E-state index in [9.17, 15) is 17.6 Å². The minimum atomic E-state index is -4.11. The topological polar surface area (TPSA) is 101 Å². The molecule has 198 valence electrons. The number of amides is 1. The van der Waals surface area contributed by atoms with E-state index in [0.717, 1.165) is 29.8 Å². The van der Waals surface area contributed by atoms with E-state index in [1.807, 2.05) is 6.07 Å². The van der Waals surface area contributed by atoms with E-state index in [1.165, 1.54) is 35.5 Å². The highest BCUT2D eigenvalue weighted by Gasteiger charge is 2.27. The number of hydrogen-bond acceptors (Lipinski definition) is 7. The van der Waals surface area contributed by atoms with Gasteiger partial charge < -0.3 is 4.74 Å². The van der Waals surface area contributed by atoms with Gasteiger partial charge in [0.05, 0.1) is 39.5 Å². The summed E-state index contributed by atoms with van der Waals surface area (Å²) >= 11 is 7.64. The molecule has 0 atom stereocenters. The number of rotatable bonds is 8. The van der Waals surface area contributed by atoms with Crippen molar-refractivity contribution in [2.45, 2.75) is 11.4 Å². The number of benzene rings is 3. The zero-order chi connectivity index (χ0) is 27.6. The Kier molecular flexibility index (Phi) is 7.47. The van der Waals surface area contributed by atoms with Crippen LogP contribution in [0, 0.1) is 5.82 Å². The number of hydrogen-bond donors (Lipinski definition) is 1. The zero-order valence-electron chi connectivity index (χ0n) is 20.3. The zero-order valence-corrected chi connectivity index (χ0v) is 22.7. The molecular formula is C27H20ClFN4O4S2. The van der Waals surface area contributed by atoms with E-state index in [-0.39, 0.29) is 22.7 Å². The maximum atomic E-state index is 14.1. The standard InChI is InChI=1S/C27H20ClFN4O4S2/c1-37-23-13-12-21(28)25-24(23)31-27(38-25)33(16-17-5-4-14-30-15-17)26(34)20-6-2-3-7-22(20)32-39(35,36)19-10-8-18(29)9-11-19/h2-15,32H,16H2,1H3. The fourth-order valence-corrected chi connectivity index (χ4v) is 6.18. The van der Waals surface area contributed by atoms with Gasteiger partial charge in [0.2, 0.25) is 0 Å². The number of halogens is 2. The predicted molar refractivity (Wildman–Crippen MR) is 150 cm³/mol. The van der Waals surface area contributed by atoms with Crippen LogP contribution in [-0.4, -0.2) is 31.4 Å². The van der Waals surface area contributed by atoms with Crippen LogP contribution in [0.2, 0.25) is 5.02 Å². The lowest BCUT2D eigenvalue weighted by atomic mass is 10.1. The molecule has 0 saturated heterocycles. The minimum Gasteiger partial charge on any atom is -0.494 e. The lowest BCUT2D eigenvalue weighted by Crippen LogP contribution is -2.31. The number of thiazole rings is 1. The molecule has 3 aromatic carbocycles. The van der Waals surface area contributed by atoms with E-state index in [4.69, 9.17) is 16.3 Å². The first-order valence-corrected chi connectivity index (χ1v) is 14.2. The van der Waals surface area contributed by atoms with Gasteiger partial charge in [-0.2, -0.15) is 0 Å². The van der Waals surface area contributed by atoms with Gasteiger partial charge in [-0.3, -0.25) is 19.4 Å². The molecule has 0 saturated carbocycles. The number of ether oxygens (including phenoxy) is 1. The second-order valence-electron chi connectivity index (χ2n) is 8.28. The summed E-state index contributed by atoms with van der Waals surface area (Å²) in [5.41, 5.74) is 1.37. The van der Waals surface area contributed by atoms with E-state index < -0.39 is 21.7 Å². The number of para-hydroxylation sites is 1. The number of anilines is 2. The molecule has 1 N–H and O–H groups in total. The van der Waals surface area contributed by atoms with Crippen molar-refractivity contribution in [3.8, 4) is 5.75 Å². The number of aromatic nitrogens is 2. The van der Waals surface area contributed by atoms with Crippen LogP contribution in [0.5, 0.6) is 5.75 Å². The van der Waals surface area contributed by atoms with Gasteiger partial charge in [0.15, 0.2) is 5.13 Å². The first kappa shape index (κ1) is 26.5. The van der Waals surface area contributed by atoms with Gasteiger partial charge in [-0.15, -0.1) is 0 Å². The Morgan fingerprint density at radius 1 is 1.08 bits per heavy atom. The van der Waals surface area contributed by atoms with Crippen molar-refractivity contribution in [1.82, 2.24) is 9.97 Å². The van der Waals surface area contributed by atoms with Gasteiger partial charge in [0, 0.05) is 12.4 Å². The van der Waals surface area contributed by atoms with E-state index in [1.54, 1.807) is 42.7 Å². The molecule has 0 fully saturated rings. The Balaban J connectivity index is 1.58. The highest BCUT2D eigenvalue weighted by molar-refractivity contribution is 7.92. The third kappa shape index (κ3) is 5.56. The SMILES string of the molecule is COc1ccc(Cl)c2sc(N(Cc3cccnc3)C(=O)c3ccccc3NS(=O)(=O)c3ccc(F)cc3)nc12. The quantitative estimate of drug-likeness (QED) is 0.236. The predicted octanol–water partition coefficient (Wildman–Crippen LogP) is 6.14. The van der Waals surface area contributed by atoms with Gasteiger partial charge in [-0.1, -0.05) is 41.1 Å². The number of carbonyl (C=O) groups excluding carboxylic acids is 1. The molecule has 0 aliphatic rings. The molecule has 1 amide bonds. The minimum absolute atomic E-state index is 0.0553. The highest BCUT2D eigenvalue weighted by atomic mass is 35.5. The maximum absolute atomic E-state index is 14.1. The number of methoxy groups -OCH3 is 1. The van der Waals surface area contributed by atoms with Crippen LogP contribution in [0.4, 0.5) is 15.2 Å². The molecule has 5 aromatic rings. The third-order valence-electron chi connectivity index (χ3n) is 5.73. The van der Waals surface area contributed by atoms with Gasteiger partial charge in [-0.05, 0) is 60.2 Å².